The number of hydrogen-bond acceptors (Lipinski definition) is 2. The second-order valence-electron chi connectivity index (χ2n) is 3.97. The smallest absolute Gasteiger partial charge is 0.225 e. The van der Waals surface area contributed by atoms with Crippen LogP contribution >= 0.6 is 0 Å². The molecular formula is C13H20N2O. The van der Waals surface area contributed by atoms with Gasteiger partial charge in [-0.25, -0.2) is 0 Å². The zero-order valence-electron chi connectivity index (χ0n) is 9.99. The molecule has 0 bridgehead atoms. The summed E-state index contributed by atoms with van der Waals surface area (Å²) in [6.45, 7) is 5.10. The van der Waals surface area contributed by atoms with Crippen molar-refractivity contribution in [2.45, 2.75) is 32.7 Å². The van der Waals surface area contributed by atoms with Crippen molar-refractivity contribution in [1.29, 1.82) is 0 Å². The van der Waals surface area contributed by atoms with Crippen LogP contribution < -0.4 is 10.6 Å². The van der Waals surface area contributed by atoms with E-state index in [9.17, 15) is 4.79 Å². The molecule has 88 valence electrons. The molecule has 1 unspecified atom stereocenters. The Morgan fingerprint density at radius 3 is 2.62 bits per heavy atom. The van der Waals surface area contributed by atoms with E-state index in [1.165, 1.54) is 0 Å². The zero-order valence-corrected chi connectivity index (χ0v) is 9.99. The van der Waals surface area contributed by atoms with Crippen LogP contribution in [-0.4, -0.2) is 18.5 Å². The molecule has 0 aromatic heterocycles. The summed E-state index contributed by atoms with van der Waals surface area (Å²) < 4.78 is 0. The third kappa shape index (κ3) is 4.94. The maximum Gasteiger partial charge on any atom is 0.225 e. The fourth-order valence-electron chi connectivity index (χ4n) is 1.47. The summed E-state index contributed by atoms with van der Waals surface area (Å²) in [5, 5.41) is 6.16. The lowest BCUT2D eigenvalue weighted by Gasteiger charge is -2.12. The molecule has 0 radical (unpaired) electrons. The Hall–Kier alpha value is -1.35. The van der Waals surface area contributed by atoms with E-state index in [1.54, 1.807) is 0 Å². The highest BCUT2D eigenvalue weighted by Crippen LogP contribution is 2.06. The van der Waals surface area contributed by atoms with Gasteiger partial charge in [0, 0.05) is 18.2 Å². The number of rotatable bonds is 6. The Balaban J connectivity index is 2.31. The van der Waals surface area contributed by atoms with Crippen molar-refractivity contribution in [3.05, 3.63) is 30.3 Å². The van der Waals surface area contributed by atoms with Gasteiger partial charge in [-0.1, -0.05) is 25.1 Å². The first-order chi connectivity index (χ1) is 7.72. The van der Waals surface area contributed by atoms with Crippen molar-refractivity contribution in [3.63, 3.8) is 0 Å². The molecule has 0 fully saturated rings. The first-order valence-electron chi connectivity index (χ1n) is 5.80. The number of carbonyl (C=O) groups is 1. The van der Waals surface area contributed by atoms with Crippen molar-refractivity contribution in [2.24, 2.45) is 0 Å². The number of hydrogen-bond donors (Lipinski definition) is 2. The summed E-state index contributed by atoms with van der Waals surface area (Å²) in [7, 11) is 0. The Morgan fingerprint density at radius 2 is 2.00 bits per heavy atom. The lowest BCUT2D eigenvalue weighted by atomic mass is 10.2. The Labute approximate surface area is 97.2 Å². The van der Waals surface area contributed by atoms with E-state index < -0.39 is 0 Å². The number of nitrogens with one attached hydrogen (secondary N) is 2. The van der Waals surface area contributed by atoms with E-state index in [2.05, 4.69) is 17.6 Å². The Bertz CT molecular complexity index is 311. The van der Waals surface area contributed by atoms with Crippen molar-refractivity contribution in [1.82, 2.24) is 5.32 Å². The van der Waals surface area contributed by atoms with Crippen LogP contribution in [0.3, 0.4) is 0 Å². The van der Waals surface area contributed by atoms with Gasteiger partial charge >= 0.3 is 0 Å². The summed E-state index contributed by atoms with van der Waals surface area (Å²) in [4.78, 5) is 11.6. The van der Waals surface area contributed by atoms with Crippen LogP contribution in [0, 0.1) is 0 Å². The highest BCUT2D eigenvalue weighted by Gasteiger charge is 2.07. The number of carbonyl (C=O) groups excluding carboxylic acids is 1. The minimum Gasteiger partial charge on any atom is -0.326 e. The largest absolute Gasteiger partial charge is 0.326 e. The Morgan fingerprint density at radius 1 is 1.31 bits per heavy atom. The van der Waals surface area contributed by atoms with Crippen molar-refractivity contribution >= 4 is 11.6 Å². The standard InChI is InChI=1S/C13H20N2O/c1-3-9-14-11(2)10-13(16)15-12-7-5-4-6-8-12/h4-8,11,14H,3,9-10H2,1-2H3,(H,15,16). The third-order valence-electron chi connectivity index (χ3n) is 2.29. The van der Waals surface area contributed by atoms with Crippen molar-refractivity contribution in [3.8, 4) is 0 Å². The number of anilines is 1. The summed E-state index contributed by atoms with van der Waals surface area (Å²) in [5.41, 5.74) is 0.857. The zero-order chi connectivity index (χ0) is 11.8. The molecule has 1 atom stereocenters. The fourth-order valence-corrected chi connectivity index (χ4v) is 1.47. The Kier molecular flexibility index (Phi) is 5.57. The van der Waals surface area contributed by atoms with E-state index in [4.69, 9.17) is 0 Å². The van der Waals surface area contributed by atoms with E-state index >= 15 is 0 Å². The number of benzene rings is 1. The minimum atomic E-state index is 0.0577. The van der Waals surface area contributed by atoms with E-state index in [1.807, 2.05) is 37.3 Å². The van der Waals surface area contributed by atoms with Crippen molar-refractivity contribution in [2.75, 3.05) is 11.9 Å². The van der Waals surface area contributed by atoms with Gasteiger partial charge in [-0.2, -0.15) is 0 Å². The van der Waals surface area contributed by atoms with Crippen LogP contribution in [0.5, 0.6) is 0 Å². The predicted octanol–water partition coefficient (Wildman–Crippen LogP) is 2.40. The van der Waals surface area contributed by atoms with Gasteiger partial charge in [-0.15, -0.1) is 0 Å². The average Bonchev–Trinajstić information content (AvgIpc) is 2.27. The second kappa shape index (κ2) is 7.01. The van der Waals surface area contributed by atoms with Crippen LogP contribution in [0.4, 0.5) is 5.69 Å². The first-order valence-corrected chi connectivity index (χ1v) is 5.80. The van der Waals surface area contributed by atoms with Crippen LogP contribution in [0.2, 0.25) is 0 Å². The molecule has 0 saturated carbocycles. The van der Waals surface area contributed by atoms with Gasteiger partial charge in [0.15, 0.2) is 0 Å². The molecule has 1 amide bonds. The van der Waals surface area contributed by atoms with Gasteiger partial charge in [-0.3, -0.25) is 4.79 Å². The molecule has 0 aliphatic carbocycles. The summed E-state index contributed by atoms with van der Waals surface area (Å²) in [5.74, 6) is 0.0577. The SMILES string of the molecule is CCCNC(C)CC(=O)Nc1ccccc1. The van der Waals surface area contributed by atoms with Gasteiger partial charge in [0.2, 0.25) is 5.91 Å². The molecule has 1 aromatic rings. The highest BCUT2D eigenvalue weighted by atomic mass is 16.1. The molecule has 3 heteroatoms. The monoisotopic (exact) mass is 220 g/mol. The van der Waals surface area contributed by atoms with Crippen molar-refractivity contribution < 1.29 is 4.79 Å². The molecule has 16 heavy (non-hydrogen) atoms. The number of amides is 1. The molecule has 0 saturated heterocycles. The molecular weight excluding hydrogens is 200 g/mol. The quantitative estimate of drug-likeness (QED) is 0.773. The molecule has 1 aromatic carbocycles. The van der Waals surface area contributed by atoms with Crippen LogP contribution in [0.25, 0.3) is 0 Å². The van der Waals surface area contributed by atoms with E-state index in [-0.39, 0.29) is 11.9 Å². The van der Waals surface area contributed by atoms with E-state index in [0.29, 0.717) is 6.42 Å². The topological polar surface area (TPSA) is 41.1 Å². The van der Waals surface area contributed by atoms with Gasteiger partial charge < -0.3 is 10.6 Å². The van der Waals surface area contributed by atoms with Gasteiger partial charge in [0.25, 0.3) is 0 Å². The summed E-state index contributed by atoms with van der Waals surface area (Å²) in [6, 6.07) is 9.76. The lowest BCUT2D eigenvalue weighted by molar-refractivity contribution is -0.116. The molecule has 0 spiro atoms. The van der Waals surface area contributed by atoms with Gasteiger partial charge in [0.1, 0.15) is 0 Å². The van der Waals surface area contributed by atoms with E-state index in [0.717, 1.165) is 18.7 Å². The minimum absolute atomic E-state index is 0.0577. The summed E-state index contributed by atoms with van der Waals surface area (Å²) >= 11 is 0. The van der Waals surface area contributed by atoms with Gasteiger partial charge in [0.05, 0.1) is 0 Å². The molecule has 1 rings (SSSR count). The molecule has 0 aliphatic heterocycles. The van der Waals surface area contributed by atoms with Gasteiger partial charge in [-0.05, 0) is 32.0 Å². The normalized spacial score (nSPS) is 12.1. The fraction of sp³-hybridized carbons (Fsp3) is 0.462. The number of para-hydroxylation sites is 1. The molecule has 2 N–H and O–H groups in total. The van der Waals surface area contributed by atoms with Crippen LogP contribution in [0.15, 0.2) is 30.3 Å². The predicted molar refractivity (Wildman–Crippen MR) is 67.4 cm³/mol. The first kappa shape index (κ1) is 12.7. The molecule has 3 nitrogen and oxygen atoms in total. The molecule has 0 heterocycles. The van der Waals surface area contributed by atoms with Crippen LogP contribution in [-0.2, 0) is 4.79 Å². The average molecular weight is 220 g/mol. The summed E-state index contributed by atoms with van der Waals surface area (Å²) in [6.07, 6.45) is 1.60. The third-order valence-corrected chi connectivity index (χ3v) is 2.29. The lowest BCUT2D eigenvalue weighted by Crippen LogP contribution is -2.31. The maximum atomic E-state index is 11.6. The molecule has 0 aliphatic rings. The second-order valence-corrected chi connectivity index (χ2v) is 3.97. The highest BCUT2D eigenvalue weighted by molar-refractivity contribution is 5.90. The van der Waals surface area contributed by atoms with Crippen LogP contribution in [0.1, 0.15) is 26.7 Å². The maximum absolute atomic E-state index is 11.6.